The minimum absolute atomic E-state index is 0.0972. The van der Waals surface area contributed by atoms with Crippen LogP contribution in [0.3, 0.4) is 0 Å². The molecule has 0 atom stereocenters. The van der Waals surface area contributed by atoms with Gasteiger partial charge in [-0.2, -0.15) is 13.2 Å². The van der Waals surface area contributed by atoms with Gasteiger partial charge in [-0.3, -0.25) is 14.9 Å². The van der Waals surface area contributed by atoms with Crippen molar-refractivity contribution >= 4 is 34.0 Å². The van der Waals surface area contributed by atoms with Gasteiger partial charge in [0, 0.05) is 0 Å². The number of nitro benzene ring substituents is 1. The number of rotatable bonds is 3. The molecule has 0 saturated heterocycles. The lowest BCUT2D eigenvalue weighted by molar-refractivity contribution is -0.382. The lowest BCUT2D eigenvalue weighted by atomic mass is 10.0. The summed E-state index contributed by atoms with van der Waals surface area (Å²) in [5.41, 5.74) is -2.74. The Balaban J connectivity index is 2.81. The molecule has 10 heteroatoms. The number of halogens is 3. The van der Waals surface area contributed by atoms with E-state index in [1.54, 1.807) is 0 Å². The molecular weight excluding hydrogens is 321 g/mol. The first kappa shape index (κ1) is 16.2. The van der Waals surface area contributed by atoms with Gasteiger partial charge in [0.2, 0.25) is 0 Å². The third kappa shape index (κ3) is 3.05. The molecule has 2 rings (SSSR count). The number of amides is 1. The van der Waals surface area contributed by atoms with Crippen LogP contribution in [0.1, 0.15) is 10.4 Å². The fourth-order valence-corrected chi connectivity index (χ4v) is 2.00. The topological polar surface area (TPSA) is 110 Å². The number of fused-ring (bicyclic) bond motifs is 1. The van der Waals surface area contributed by atoms with Crippen molar-refractivity contribution in [2.75, 3.05) is 5.32 Å². The molecule has 0 bridgehead atoms. The molecule has 2 aromatic rings. The lowest BCUT2D eigenvalue weighted by Crippen LogP contribution is -2.31. The zero-order chi connectivity index (χ0) is 17.4. The highest BCUT2D eigenvalue weighted by Gasteiger charge is 2.41. The predicted octanol–water partition coefficient (Wildman–Crippen LogP) is 2.95. The summed E-state index contributed by atoms with van der Waals surface area (Å²) in [6.45, 7) is 0. The van der Waals surface area contributed by atoms with E-state index in [9.17, 15) is 32.9 Å². The van der Waals surface area contributed by atoms with Crippen LogP contribution in [0.5, 0.6) is 0 Å². The van der Waals surface area contributed by atoms with E-state index in [2.05, 4.69) is 0 Å². The summed E-state index contributed by atoms with van der Waals surface area (Å²) >= 11 is 0. The van der Waals surface area contributed by atoms with E-state index < -0.39 is 39.9 Å². The largest absolute Gasteiger partial charge is 0.478 e. The summed E-state index contributed by atoms with van der Waals surface area (Å²) in [6.07, 6.45) is -5.32. The van der Waals surface area contributed by atoms with Crippen LogP contribution < -0.4 is 5.32 Å². The van der Waals surface area contributed by atoms with Crippen LogP contribution in [-0.4, -0.2) is 28.1 Å². The number of carboxylic acids is 1. The van der Waals surface area contributed by atoms with E-state index in [-0.39, 0.29) is 10.8 Å². The Morgan fingerprint density at radius 1 is 1.22 bits per heavy atom. The molecule has 7 nitrogen and oxygen atoms in total. The number of benzene rings is 2. The Hall–Kier alpha value is -3.17. The van der Waals surface area contributed by atoms with Crippen LogP contribution in [-0.2, 0) is 4.79 Å². The van der Waals surface area contributed by atoms with E-state index in [4.69, 9.17) is 5.11 Å². The number of carbonyl (C=O) groups excluding carboxylic acids is 1. The predicted molar refractivity (Wildman–Crippen MR) is 72.2 cm³/mol. The van der Waals surface area contributed by atoms with Gasteiger partial charge in [0.05, 0.1) is 15.9 Å². The van der Waals surface area contributed by atoms with Crippen molar-refractivity contribution in [3.63, 3.8) is 0 Å². The van der Waals surface area contributed by atoms with Crippen molar-refractivity contribution in [2.45, 2.75) is 6.18 Å². The quantitative estimate of drug-likeness (QED) is 0.665. The van der Waals surface area contributed by atoms with Crippen LogP contribution in [0.2, 0.25) is 0 Å². The maximum Gasteiger partial charge on any atom is 0.471 e. The molecule has 2 aromatic carbocycles. The number of nitrogens with zero attached hydrogens (tertiary/aromatic N) is 1. The number of aromatic carboxylic acids is 1. The van der Waals surface area contributed by atoms with Crippen LogP contribution in [0.4, 0.5) is 24.5 Å². The zero-order valence-corrected chi connectivity index (χ0v) is 11.0. The maximum absolute atomic E-state index is 12.4. The molecule has 0 aromatic heterocycles. The van der Waals surface area contributed by atoms with E-state index in [1.807, 2.05) is 0 Å². The number of alkyl halides is 3. The molecule has 0 aliphatic rings. The average Bonchev–Trinajstić information content (AvgIpc) is 2.44. The summed E-state index contributed by atoms with van der Waals surface area (Å²) in [5.74, 6) is -4.21. The molecule has 120 valence electrons. The summed E-state index contributed by atoms with van der Waals surface area (Å²) in [4.78, 5) is 32.5. The van der Waals surface area contributed by atoms with Gasteiger partial charge in [-0.15, -0.1) is 0 Å². The van der Waals surface area contributed by atoms with Gasteiger partial charge in [-0.1, -0.05) is 18.2 Å². The van der Waals surface area contributed by atoms with Crippen LogP contribution in [0.25, 0.3) is 10.8 Å². The maximum atomic E-state index is 12.4. The van der Waals surface area contributed by atoms with Crippen LogP contribution in [0.15, 0.2) is 30.3 Å². The van der Waals surface area contributed by atoms with Crippen molar-refractivity contribution in [3.8, 4) is 0 Å². The average molecular weight is 328 g/mol. The Morgan fingerprint density at radius 2 is 1.83 bits per heavy atom. The van der Waals surface area contributed by atoms with Crippen molar-refractivity contribution in [1.82, 2.24) is 0 Å². The standard InChI is InChI=1S/C13H7F3N2O5/c14-13(15,16)12(21)17-9-8(11(19)20)5-6-3-1-2-4-7(6)10(9)18(22)23/h1-5H,(H,17,21)(H,19,20). The number of carboxylic acid groups (broad SMARTS) is 1. The number of carbonyl (C=O) groups is 2. The number of hydrogen-bond acceptors (Lipinski definition) is 4. The second kappa shape index (κ2) is 5.55. The monoisotopic (exact) mass is 328 g/mol. The first-order valence-corrected chi connectivity index (χ1v) is 5.94. The molecule has 0 heterocycles. The van der Waals surface area contributed by atoms with Gasteiger partial charge < -0.3 is 10.4 Å². The number of nitrogens with one attached hydrogen (secondary N) is 1. The molecule has 0 saturated carbocycles. The smallest absolute Gasteiger partial charge is 0.471 e. The van der Waals surface area contributed by atoms with Crippen molar-refractivity contribution in [1.29, 1.82) is 0 Å². The fourth-order valence-electron chi connectivity index (χ4n) is 2.00. The Morgan fingerprint density at radius 3 is 2.35 bits per heavy atom. The molecular formula is C13H7F3N2O5. The molecule has 0 spiro atoms. The SMILES string of the molecule is O=C(O)c1cc2ccccc2c([N+](=O)[O-])c1NC(=O)C(F)(F)F. The molecule has 0 fully saturated rings. The number of hydrogen-bond donors (Lipinski definition) is 2. The van der Waals surface area contributed by atoms with Gasteiger partial charge in [-0.05, 0) is 17.5 Å². The number of anilines is 1. The number of nitro groups is 1. The molecule has 0 aliphatic carbocycles. The van der Waals surface area contributed by atoms with Gasteiger partial charge in [0.1, 0.15) is 5.69 Å². The second-order valence-electron chi connectivity index (χ2n) is 4.38. The van der Waals surface area contributed by atoms with Crippen molar-refractivity contribution in [2.24, 2.45) is 0 Å². The summed E-state index contributed by atoms with van der Waals surface area (Å²) in [5, 5.41) is 21.6. The van der Waals surface area contributed by atoms with Crippen molar-refractivity contribution < 1.29 is 32.8 Å². The fraction of sp³-hybridized carbons (Fsp3) is 0.0769. The van der Waals surface area contributed by atoms with Gasteiger partial charge in [0.15, 0.2) is 0 Å². The van der Waals surface area contributed by atoms with Crippen LogP contribution in [0, 0.1) is 10.1 Å². The normalized spacial score (nSPS) is 11.3. The molecule has 2 N–H and O–H groups in total. The van der Waals surface area contributed by atoms with Crippen molar-refractivity contribution in [3.05, 3.63) is 46.0 Å². The van der Waals surface area contributed by atoms with E-state index in [0.29, 0.717) is 0 Å². The summed E-state index contributed by atoms with van der Waals surface area (Å²) in [7, 11) is 0. The first-order chi connectivity index (χ1) is 10.6. The Labute approximate surface area is 125 Å². The van der Waals surface area contributed by atoms with E-state index >= 15 is 0 Å². The summed E-state index contributed by atoms with van der Waals surface area (Å²) in [6, 6.07) is 6.43. The van der Waals surface area contributed by atoms with Gasteiger partial charge in [0.25, 0.3) is 0 Å². The third-order valence-corrected chi connectivity index (χ3v) is 2.93. The van der Waals surface area contributed by atoms with Gasteiger partial charge >= 0.3 is 23.7 Å². The minimum atomic E-state index is -5.32. The van der Waals surface area contributed by atoms with E-state index in [0.717, 1.165) is 6.07 Å². The Kier molecular flexibility index (Phi) is 3.91. The van der Waals surface area contributed by atoms with Gasteiger partial charge in [-0.25, -0.2) is 4.79 Å². The Bertz CT molecular complexity index is 832. The highest BCUT2D eigenvalue weighted by atomic mass is 19.4. The molecule has 0 unspecified atom stereocenters. The van der Waals surface area contributed by atoms with E-state index in [1.165, 1.54) is 29.6 Å². The third-order valence-electron chi connectivity index (χ3n) is 2.93. The first-order valence-electron chi connectivity index (χ1n) is 5.94. The minimum Gasteiger partial charge on any atom is -0.478 e. The molecule has 1 amide bonds. The summed E-state index contributed by atoms with van der Waals surface area (Å²) < 4.78 is 37.2. The highest BCUT2D eigenvalue weighted by molar-refractivity contribution is 6.11. The highest BCUT2D eigenvalue weighted by Crippen LogP contribution is 2.37. The zero-order valence-electron chi connectivity index (χ0n) is 11.0. The molecule has 0 aliphatic heterocycles. The second-order valence-corrected chi connectivity index (χ2v) is 4.38. The van der Waals surface area contributed by atoms with Crippen LogP contribution >= 0.6 is 0 Å². The lowest BCUT2D eigenvalue weighted by Gasteiger charge is -2.12. The molecule has 0 radical (unpaired) electrons. The molecule has 23 heavy (non-hydrogen) atoms.